The van der Waals surface area contributed by atoms with Gasteiger partial charge in [0.05, 0.1) is 6.04 Å². The van der Waals surface area contributed by atoms with Gasteiger partial charge in [0.1, 0.15) is 0 Å². The van der Waals surface area contributed by atoms with E-state index in [1.54, 1.807) is 0 Å². The third-order valence-electron chi connectivity index (χ3n) is 3.13. The minimum Gasteiger partial charge on any atom is -0.370 e. The summed E-state index contributed by atoms with van der Waals surface area (Å²) in [6.07, 6.45) is 0.841. The van der Waals surface area contributed by atoms with Crippen LogP contribution in [0.2, 0.25) is 0 Å². The van der Waals surface area contributed by atoms with Crippen molar-refractivity contribution in [2.24, 2.45) is 5.73 Å². The number of carbonyl (C=O) groups excluding carboxylic acids is 2. The molecule has 0 radical (unpaired) electrons. The number of hydrogen-bond donors (Lipinski definition) is 3. The Labute approximate surface area is 119 Å². The molecule has 20 heavy (non-hydrogen) atoms. The number of urea groups is 1. The van der Waals surface area contributed by atoms with Crippen LogP contribution in [-0.2, 0) is 4.79 Å². The predicted molar refractivity (Wildman–Crippen MR) is 79.3 cm³/mol. The number of aryl methyl sites for hydroxylation is 2. The van der Waals surface area contributed by atoms with E-state index in [4.69, 9.17) is 5.73 Å². The van der Waals surface area contributed by atoms with Crippen molar-refractivity contribution < 1.29 is 9.59 Å². The van der Waals surface area contributed by atoms with Gasteiger partial charge in [-0.25, -0.2) is 4.79 Å². The number of primary amides is 1. The lowest BCUT2D eigenvalue weighted by atomic mass is 10.0. The molecule has 1 aromatic carbocycles. The smallest absolute Gasteiger partial charge is 0.315 e. The van der Waals surface area contributed by atoms with Gasteiger partial charge in [0.25, 0.3) is 0 Å². The Kier molecular flexibility index (Phi) is 6.03. The van der Waals surface area contributed by atoms with Gasteiger partial charge in [-0.3, -0.25) is 4.79 Å². The van der Waals surface area contributed by atoms with Crippen LogP contribution in [0.3, 0.4) is 0 Å². The molecule has 0 aliphatic heterocycles. The Morgan fingerprint density at radius 3 is 2.65 bits per heavy atom. The summed E-state index contributed by atoms with van der Waals surface area (Å²) in [6.45, 7) is 6.44. The Hall–Kier alpha value is -2.04. The maximum Gasteiger partial charge on any atom is 0.315 e. The highest BCUT2D eigenvalue weighted by Gasteiger charge is 2.11. The van der Waals surface area contributed by atoms with Crippen LogP contribution in [0.5, 0.6) is 0 Å². The highest BCUT2D eigenvalue weighted by atomic mass is 16.2. The van der Waals surface area contributed by atoms with Crippen LogP contribution in [0.4, 0.5) is 4.79 Å². The third kappa shape index (κ3) is 5.30. The Morgan fingerprint density at radius 1 is 1.30 bits per heavy atom. The quantitative estimate of drug-likeness (QED) is 0.694. The zero-order valence-corrected chi connectivity index (χ0v) is 12.3. The van der Waals surface area contributed by atoms with E-state index in [-0.39, 0.29) is 24.4 Å². The maximum atomic E-state index is 11.7. The average Bonchev–Trinajstić information content (AvgIpc) is 2.37. The highest BCUT2D eigenvalue weighted by molar-refractivity contribution is 5.75. The number of nitrogens with two attached hydrogens (primary N) is 1. The lowest BCUT2D eigenvalue weighted by Gasteiger charge is -2.17. The van der Waals surface area contributed by atoms with Gasteiger partial charge < -0.3 is 16.4 Å². The van der Waals surface area contributed by atoms with E-state index in [9.17, 15) is 9.59 Å². The van der Waals surface area contributed by atoms with E-state index in [0.29, 0.717) is 13.0 Å². The van der Waals surface area contributed by atoms with Crippen molar-refractivity contribution in [1.29, 1.82) is 0 Å². The first-order valence-electron chi connectivity index (χ1n) is 6.80. The summed E-state index contributed by atoms with van der Waals surface area (Å²) in [5, 5.41) is 5.60. The number of rotatable bonds is 6. The van der Waals surface area contributed by atoms with Gasteiger partial charge in [0.2, 0.25) is 5.91 Å². The zero-order valence-electron chi connectivity index (χ0n) is 12.3. The van der Waals surface area contributed by atoms with Crippen LogP contribution >= 0.6 is 0 Å². The maximum absolute atomic E-state index is 11.7. The van der Waals surface area contributed by atoms with Gasteiger partial charge in [-0.15, -0.1) is 0 Å². The predicted octanol–water partition coefficient (Wildman–Crippen LogP) is 1.93. The molecule has 0 bridgehead atoms. The number of hydrogen-bond acceptors (Lipinski definition) is 2. The summed E-state index contributed by atoms with van der Waals surface area (Å²) in [7, 11) is 0. The normalized spacial score (nSPS) is 11.8. The van der Waals surface area contributed by atoms with Crippen LogP contribution < -0.4 is 16.4 Å². The molecule has 0 aliphatic carbocycles. The second kappa shape index (κ2) is 7.53. The first-order valence-corrected chi connectivity index (χ1v) is 6.80. The standard InChI is InChI=1S/C15H23N3O2/c1-10-6-7-11(2)13(9-10)12(3)18-15(20)17-8-4-5-14(16)19/h6-7,9,12H,4-5,8H2,1-3H3,(H2,16,19)(H2,17,18,20). The van der Waals surface area contributed by atoms with Crippen LogP contribution in [0.1, 0.15) is 42.5 Å². The second-order valence-corrected chi connectivity index (χ2v) is 5.05. The molecule has 0 saturated carbocycles. The van der Waals surface area contributed by atoms with Crippen molar-refractivity contribution in [2.75, 3.05) is 6.54 Å². The number of amides is 3. The van der Waals surface area contributed by atoms with Gasteiger partial charge in [0, 0.05) is 13.0 Å². The fourth-order valence-electron chi connectivity index (χ4n) is 2.02. The van der Waals surface area contributed by atoms with E-state index in [2.05, 4.69) is 22.8 Å². The largest absolute Gasteiger partial charge is 0.370 e. The molecule has 0 spiro atoms. The first kappa shape index (κ1) is 16.0. The molecule has 110 valence electrons. The van der Waals surface area contributed by atoms with Gasteiger partial charge in [0.15, 0.2) is 0 Å². The average molecular weight is 277 g/mol. The van der Waals surface area contributed by atoms with Gasteiger partial charge in [-0.2, -0.15) is 0 Å². The Bertz CT molecular complexity index is 486. The van der Waals surface area contributed by atoms with Crippen LogP contribution in [0.25, 0.3) is 0 Å². The highest BCUT2D eigenvalue weighted by Crippen LogP contribution is 2.18. The van der Waals surface area contributed by atoms with Gasteiger partial charge in [-0.1, -0.05) is 23.8 Å². The fraction of sp³-hybridized carbons (Fsp3) is 0.467. The molecule has 1 atom stereocenters. The van der Waals surface area contributed by atoms with E-state index < -0.39 is 0 Å². The monoisotopic (exact) mass is 277 g/mol. The molecule has 4 N–H and O–H groups in total. The van der Waals surface area contributed by atoms with Crippen LogP contribution in [-0.4, -0.2) is 18.5 Å². The van der Waals surface area contributed by atoms with Gasteiger partial charge >= 0.3 is 6.03 Å². The third-order valence-corrected chi connectivity index (χ3v) is 3.13. The summed E-state index contributed by atoms with van der Waals surface area (Å²) in [4.78, 5) is 22.3. The molecule has 5 nitrogen and oxygen atoms in total. The molecule has 1 rings (SSSR count). The molecular weight excluding hydrogens is 254 g/mol. The van der Waals surface area contributed by atoms with Crippen molar-refractivity contribution in [3.63, 3.8) is 0 Å². The summed E-state index contributed by atoms with van der Waals surface area (Å²) >= 11 is 0. The Morgan fingerprint density at radius 2 is 2.00 bits per heavy atom. The topological polar surface area (TPSA) is 84.2 Å². The number of carbonyl (C=O) groups is 2. The molecule has 0 aromatic heterocycles. The minimum absolute atomic E-state index is 0.0639. The first-order chi connectivity index (χ1) is 9.40. The molecule has 0 saturated heterocycles. The lowest BCUT2D eigenvalue weighted by Crippen LogP contribution is -2.37. The van der Waals surface area contributed by atoms with Crippen LogP contribution in [0.15, 0.2) is 18.2 Å². The molecule has 0 heterocycles. The summed E-state index contributed by atoms with van der Waals surface area (Å²) in [5.74, 6) is -0.351. The lowest BCUT2D eigenvalue weighted by molar-refractivity contribution is -0.118. The number of nitrogens with one attached hydrogen (secondary N) is 2. The van der Waals surface area contributed by atoms with Crippen LogP contribution in [0, 0.1) is 13.8 Å². The molecule has 3 amide bonds. The van der Waals surface area contributed by atoms with E-state index in [1.165, 1.54) is 5.56 Å². The number of benzene rings is 1. The van der Waals surface area contributed by atoms with E-state index in [1.807, 2.05) is 26.8 Å². The van der Waals surface area contributed by atoms with Crippen molar-refractivity contribution >= 4 is 11.9 Å². The van der Waals surface area contributed by atoms with Crippen molar-refractivity contribution in [3.05, 3.63) is 34.9 Å². The van der Waals surface area contributed by atoms with E-state index in [0.717, 1.165) is 11.1 Å². The van der Waals surface area contributed by atoms with Crippen molar-refractivity contribution in [1.82, 2.24) is 10.6 Å². The van der Waals surface area contributed by atoms with Gasteiger partial charge in [-0.05, 0) is 38.3 Å². The Balaban J connectivity index is 2.45. The van der Waals surface area contributed by atoms with E-state index >= 15 is 0 Å². The summed E-state index contributed by atoms with van der Waals surface area (Å²) in [6, 6.07) is 5.88. The molecular formula is C15H23N3O2. The summed E-state index contributed by atoms with van der Waals surface area (Å²) in [5.41, 5.74) is 8.46. The second-order valence-electron chi connectivity index (χ2n) is 5.05. The van der Waals surface area contributed by atoms with Crippen molar-refractivity contribution in [2.45, 2.75) is 39.7 Å². The fourth-order valence-corrected chi connectivity index (χ4v) is 2.02. The minimum atomic E-state index is -0.351. The van der Waals surface area contributed by atoms with Crippen molar-refractivity contribution in [3.8, 4) is 0 Å². The molecule has 0 fully saturated rings. The SMILES string of the molecule is Cc1ccc(C)c(C(C)NC(=O)NCCCC(N)=O)c1. The molecule has 1 unspecified atom stereocenters. The zero-order chi connectivity index (χ0) is 15.1. The molecule has 5 heteroatoms. The molecule has 1 aromatic rings. The summed E-state index contributed by atoms with van der Waals surface area (Å²) < 4.78 is 0. The molecule has 0 aliphatic rings.